The maximum absolute atomic E-state index is 12.9. The fraction of sp³-hybridized carbons (Fsp3) is 0.417. The molecule has 1 heterocycles. The van der Waals surface area contributed by atoms with Gasteiger partial charge in [0.05, 0.1) is 5.69 Å². The lowest BCUT2D eigenvalue weighted by Gasteiger charge is -2.32. The molecule has 30 heavy (non-hydrogen) atoms. The van der Waals surface area contributed by atoms with E-state index >= 15 is 0 Å². The van der Waals surface area contributed by atoms with Crippen LogP contribution in [0.1, 0.15) is 40.4 Å². The maximum Gasteiger partial charge on any atom is 0.253 e. The van der Waals surface area contributed by atoms with Crippen molar-refractivity contribution in [3.8, 4) is 0 Å². The summed E-state index contributed by atoms with van der Waals surface area (Å²) in [6.45, 7) is 9.41. The van der Waals surface area contributed by atoms with Gasteiger partial charge < -0.3 is 15.1 Å². The van der Waals surface area contributed by atoms with Crippen LogP contribution in [0, 0.1) is 13.8 Å². The van der Waals surface area contributed by atoms with E-state index in [4.69, 9.17) is 0 Å². The lowest BCUT2D eigenvalue weighted by molar-refractivity contribution is -0.115. The predicted octanol–water partition coefficient (Wildman–Crippen LogP) is 4.33. The smallest absolute Gasteiger partial charge is 0.253 e. The van der Waals surface area contributed by atoms with Gasteiger partial charge in [-0.25, -0.2) is 0 Å². The van der Waals surface area contributed by atoms with Crippen LogP contribution in [0.5, 0.6) is 0 Å². The van der Waals surface area contributed by atoms with Gasteiger partial charge in [0.2, 0.25) is 5.91 Å². The van der Waals surface area contributed by atoms with Crippen molar-refractivity contribution in [2.75, 3.05) is 38.5 Å². The Bertz CT molecular complexity index is 921. The van der Waals surface area contributed by atoms with Crippen molar-refractivity contribution >= 4 is 29.3 Å². The van der Waals surface area contributed by atoms with Crippen molar-refractivity contribution in [3.05, 3.63) is 58.7 Å². The second kappa shape index (κ2) is 10.1. The Morgan fingerprint density at radius 1 is 1.07 bits per heavy atom. The number of aryl methyl sites for hydroxylation is 1. The van der Waals surface area contributed by atoms with E-state index in [9.17, 15) is 9.59 Å². The summed E-state index contributed by atoms with van der Waals surface area (Å²) in [5, 5.41) is 3.02. The molecular weight excluding hydrogens is 394 g/mol. The fourth-order valence-electron chi connectivity index (χ4n) is 3.45. The van der Waals surface area contributed by atoms with E-state index < -0.39 is 0 Å². The number of benzene rings is 2. The van der Waals surface area contributed by atoms with Crippen molar-refractivity contribution in [3.63, 3.8) is 0 Å². The molecule has 0 unspecified atom stereocenters. The van der Waals surface area contributed by atoms with Crippen LogP contribution in [0.3, 0.4) is 0 Å². The molecule has 1 aliphatic heterocycles. The molecule has 0 spiro atoms. The van der Waals surface area contributed by atoms with E-state index in [0.29, 0.717) is 6.42 Å². The Morgan fingerprint density at radius 3 is 2.50 bits per heavy atom. The average molecular weight is 426 g/mol. The molecule has 2 amide bonds. The summed E-state index contributed by atoms with van der Waals surface area (Å²) in [5.41, 5.74) is 5.09. The molecule has 6 heteroatoms. The third-order valence-electron chi connectivity index (χ3n) is 5.62. The quantitative estimate of drug-likeness (QED) is 0.700. The lowest BCUT2D eigenvalue weighted by Crippen LogP contribution is -2.47. The number of thioether (sulfide) groups is 1. The molecule has 1 N–H and O–H groups in total. The zero-order valence-corrected chi connectivity index (χ0v) is 19.1. The van der Waals surface area contributed by atoms with Crippen LogP contribution < -0.4 is 5.32 Å². The van der Waals surface area contributed by atoms with Gasteiger partial charge in [-0.1, -0.05) is 25.1 Å². The molecular formula is C24H31N3O2S. The number of rotatable bonds is 6. The number of hydrogen-bond acceptors (Lipinski definition) is 4. The first-order valence-corrected chi connectivity index (χ1v) is 11.5. The van der Waals surface area contributed by atoms with Gasteiger partial charge in [-0.2, -0.15) is 0 Å². The van der Waals surface area contributed by atoms with Crippen molar-refractivity contribution in [2.24, 2.45) is 0 Å². The number of likely N-dealkylation sites (N-methyl/N-ethyl adjacent to an activating group) is 1. The summed E-state index contributed by atoms with van der Waals surface area (Å²) >= 11 is 1.70. The molecule has 0 radical (unpaired) electrons. The highest BCUT2D eigenvalue weighted by Gasteiger charge is 2.20. The molecule has 3 rings (SSSR count). The third-order valence-corrected chi connectivity index (χ3v) is 6.91. The van der Waals surface area contributed by atoms with Gasteiger partial charge >= 0.3 is 0 Å². The Balaban J connectivity index is 1.74. The summed E-state index contributed by atoms with van der Waals surface area (Å²) in [5.74, 6) is 0.862. The van der Waals surface area contributed by atoms with Crippen LogP contribution in [0.2, 0.25) is 0 Å². The second-order valence-corrected chi connectivity index (χ2v) is 8.86. The predicted molar refractivity (Wildman–Crippen MR) is 124 cm³/mol. The largest absolute Gasteiger partial charge is 0.336 e. The topological polar surface area (TPSA) is 52.7 Å². The van der Waals surface area contributed by atoms with Gasteiger partial charge in [0.15, 0.2) is 0 Å². The standard InChI is InChI=1S/C24H31N3O2S/c1-5-22(28)25-21-10-9-17(2)18(3)23(21)30-16-19-7-6-8-20(15-19)24(29)27-13-11-26(4)12-14-27/h6-10,15H,5,11-14,16H2,1-4H3,(H,25,28). The monoisotopic (exact) mass is 425 g/mol. The molecule has 160 valence electrons. The molecule has 0 atom stereocenters. The highest BCUT2D eigenvalue weighted by atomic mass is 32.2. The summed E-state index contributed by atoms with van der Waals surface area (Å²) in [6, 6.07) is 11.9. The number of nitrogens with zero attached hydrogens (tertiary/aromatic N) is 2. The molecule has 1 saturated heterocycles. The minimum Gasteiger partial charge on any atom is -0.336 e. The number of hydrogen-bond donors (Lipinski definition) is 1. The summed E-state index contributed by atoms with van der Waals surface area (Å²) in [4.78, 5) is 30.1. The zero-order valence-electron chi connectivity index (χ0n) is 18.3. The SMILES string of the molecule is CCC(=O)Nc1ccc(C)c(C)c1SCc1cccc(C(=O)N2CCN(C)CC2)c1. The molecule has 0 aliphatic carbocycles. The minimum atomic E-state index is 0.0138. The lowest BCUT2D eigenvalue weighted by atomic mass is 10.1. The Hall–Kier alpha value is -2.31. The normalized spacial score (nSPS) is 14.6. The number of anilines is 1. The second-order valence-electron chi connectivity index (χ2n) is 7.87. The van der Waals surface area contributed by atoms with Gasteiger partial charge in [-0.05, 0) is 55.8 Å². The van der Waals surface area contributed by atoms with Crippen LogP contribution in [-0.2, 0) is 10.5 Å². The molecule has 1 fully saturated rings. The fourth-order valence-corrected chi connectivity index (χ4v) is 4.60. The van der Waals surface area contributed by atoms with E-state index in [-0.39, 0.29) is 11.8 Å². The van der Waals surface area contributed by atoms with E-state index in [0.717, 1.165) is 53.6 Å². The van der Waals surface area contributed by atoms with Gasteiger partial charge in [0.1, 0.15) is 0 Å². The van der Waals surface area contributed by atoms with Gasteiger partial charge in [0, 0.05) is 48.8 Å². The molecule has 2 aromatic rings. The first-order valence-electron chi connectivity index (χ1n) is 10.5. The van der Waals surface area contributed by atoms with Crippen LogP contribution in [0.25, 0.3) is 0 Å². The van der Waals surface area contributed by atoms with Crippen LogP contribution >= 0.6 is 11.8 Å². The van der Waals surface area contributed by atoms with Gasteiger partial charge in [0.25, 0.3) is 5.91 Å². The Morgan fingerprint density at radius 2 is 1.80 bits per heavy atom. The molecule has 1 aliphatic rings. The number of amides is 2. The summed E-state index contributed by atoms with van der Waals surface area (Å²) in [7, 11) is 2.09. The average Bonchev–Trinajstić information content (AvgIpc) is 2.76. The van der Waals surface area contributed by atoms with E-state index in [1.54, 1.807) is 11.8 Å². The summed E-state index contributed by atoms with van der Waals surface area (Å²) < 4.78 is 0. The number of nitrogens with one attached hydrogen (secondary N) is 1. The van der Waals surface area contributed by atoms with E-state index in [2.05, 4.69) is 37.2 Å². The van der Waals surface area contributed by atoms with Crippen molar-refractivity contribution in [1.82, 2.24) is 9.80 Å². The van der Waals surface area contributed by atoms with Gasteiger partial charge in [-0.15, -0.1) is 11.8 Å². The molecule has 0 bridgehead atoms. The highest BCUT2D eigenvalue weighted by Crippen LogP contribution is 2.35. The van der Waals surface area contributed by atoms with Gasteiger partial charge in [-0.3, -0.25) is 9.59 Å². The highest BCUT2D eigenvalue weighted by molar-refractivity contribution is 7.98. The molecule has 0 aromatic heterocycles. The van der Waals surface area contributed by atoms with Crippen molar-refractivity contribution < 1.29 is 9.59 Å². The molecule has 5 nitrogen and oxygen atoms in total. The summed E-state index contributed by atoms with van der Waals surface area (Å²) in [6.07, 6.45) is 0.452. The maximum atomic E-state index is 12.9. The number of piperazine rings is 1. The van der Waals surface area contributed by atoms with E-state index in [1.807, 2.05) is 42.2 Å². The first kappa shape index (κ1) is 22.4. The van der Waals surface area contributed by atoms with Crippen molar-refractivity contribution in [1.29, 1.82) is 0 Å². The molecule has 0 saturated carbocycles. The molecule has 2 aromatic carbocycles. The zero-order chi connectivity index (χ0) is 21.7. The van der Waals surface area contributed by atoms with Crippen LogP contribution in [0.15, 0.2) is 41.3 Å². The van der Waals surface area contributed by atoms with E-state index in [1.165, 1.54) is 11.1 Å². The van der Waals surface area contributed by atoms with Crippen LogP contribution in [0.4, 0.5) is 5.69 Å². The Kier molecular flexibility index (Phi) is 7.56. The number of carbonyl (C=O) groups is 2. The minimum absolute atomic E-state index is 0.0138. The first-order chi connectivity index (χ1) is 14.4. The van der Waals surface area contributed by atoms with Crippen LogP contribution in [-0.4, -0.2) is 54.8 Å². The Labute approximate surface area is 183 Å². The third kappa shape index (κ3) is 5.43. The number of carbonyl (C=O) groups excluding carboxylic acids is 2. The van der Waals surface area contributed by atoms with Crippen molar-refractivity contribution in [2.45, 2.75) is 37.8 Å².